The Kier molecular flexibility index (Phi) is 5.73. The largest absolute Gasteiger partial charge is 0.444 e. The van der Waals surface area contributed by atoms with E-state index >= 15 is 0 Å². The maximum Gasteiger partial charge on any atom is 0.407 e. The third kappa shape index (κ3) is 5.52. The Morgan fingerprint density at radius 1 is 1.23 bits per heavy atom. The fraction of sp³-hybridized carbons (Fsp3) is 0.588. The van der Waals surface area contributed by atoms with Crippen LogP contribution in [0.15, 0.2) is 28.7 Å². The quantitative estimate of drug-likeness (QED) is 0.812. The Labute approximate surface area is 141 Å². The van der Waals surface area contributed by atoms with Gasteiger partial charge in [0.2, 0.25) is 0 Å². The van der Waals surface area contributed by atoms with Crippen LogP contribution in [0.1, 0.15) is 46.5 Å². The Bertz CT molecular complexity index is 514. The van der Waals surface area contributed by atoms with Crippen molar-refractivity contribution in [3.05, 3.63) is 28.7 Å². The Hall–Kier alpha value is -1.23. The number of ether oxygens (including phenoxy) is 1. The molecule has 0 saturated heterocycles. The minimum atomic E-state index is -0.453. The topological polar surface area (TPSA) is 50.4 Å². The summed E-state index contributed by atoms with van der Waals surface area (Å²) < 4.78 is 6.40. The Balaban J connectivity index is 1.87. The number of rotatable bonds is 3. The third-order valence-electron chi connectivity index (χ3n) is 3.63. The highest BCUT2D eigenvalue weighted by Gasteiger charge is 2.25. The van der Waals surface area contributed by atoms with E-state index in [1.165, 1.54) is 0 Å². The number of benzene rings is 1. The van der Waals surface area contributed by atoms with Crippen LogP contribution in [0, 0.1) is 0 Å². The molecule has 0 heterocycles. The average molecular weight is 369 g/mol. The number of hydrogen-bond donors (Lipinski definition) is 2. The van der Waals surface area contributed by atoms with Crippen LogP contribution in [0.25, 0.3) is 0 Å². The number of carbonyl (C=O) groups excluding carboxylic acids is 1. The molecular formula is C17H25BrN2O2. The maximum atomic E-state index is 11.9. The maximum absolute atomic E-state index is 11.9. The molecule has 0 radical (unpaired) electrons. The van der Waals surface area contributed by atoms with Gasteiger partial charge in [-0.3, -0.25) is 0 Å². The summed E-state index contributed by atoms with van der Waals surface area (Å²) in [6, 6.07) is 8.65. The van der Waals surface area contributed by atoms with E-state index in [9.17, 15) is 4.79 Å². The van der Waals surface area contributed by atoms with Gasteiger partial charge in [0.1, 0.15) is 5.60 Å². The molecule has 1 aromatic rings. The van der Waals surface area contributed by atoms with Gasteiger partial charge in [0.15, 0.2) is 0 Å². The number of anilines is 1. The second kappa shape index (κ2) is 7.36. The van der Waals surface area contributed by atoms with E-state index in [1.807, 2.05) is 39.0 Å². The lowest BCUT2D eigenvalue weighted by Gasteiger charge is -2.31. The van der Waals surface area contributed by atoms with Gasteiger partial charge in [-0.25, -0.2) is 4.79 Å². The minimum Gasteiger partial charge on any atom is -0.444 e. The van der Waals surface area contributed by atoms with Crippen molar-refractivity contribution in [3.8, 4) is 0 Å². The summed E-state index contributed by atoms with van der Waals surface area (Å²) >= 11 is 3.56. The van der Waals surface area contributed by atoms with E-state index in [2.05, 4.69) is 32.6 Å². The van der Waals surface area contributed by atoms with Gasteiger partial charge in [-0.2, -0.15) is 0 Å². The van der Waals surface area contributed by atoms with E-state index in [1.54, 1.807) is 0 Å². The Morgan fingerprint density at radius 2 is 1.91 bits per heavy atom. The van der Waals surface area contributed by atoms with Gasteiger partial charge >= 0.3 is 6.09 Å². The van der Waals surface area contributed by atoms with Gasteiger partial charge in [0, 0.05) is 22.2 Å². The van der Waals surface area contributed by atoms with Crippen molar-refractivity contribution in [3.63, 3.8) is 0 Å². The number of amides is 1. The predicted molar refractivity (Wildman–Crippen MR) is 93.2 cm³/mol. The molecular weight excluding hydrogens is 344 g/mol. The van der Waals surface area contributed by atoms with Gasteiger partial charge in [-0.1, -0.05) is 12.1 Å². The summed E-state index contributed by atoms with van der Waals surface area (Å²) in [6.07, 6.45) is 3.82. The first-order chi connectivity index (χ1) is 10.3. The van der Waals surface area contributed by atoms with Crippen LogP contribution in [0.5, 0.6) is 0 Å². The van der Waals surface area contributed by atoms with Gasteiger partial charge in [0.25, 0.3) is 0 Å². The molecule has 1 aromatic carbocycles. The molecule has 2 atom stereocenters. The molecule has 1 fully saturated rings. The van der Waals surface area contributed by atoms with Crippen molar-refractivity contribution < 1.29 is 9.53 Å². The van der Waals surface area contributed by atoms with Crippen molar-refractivity contribution in [1.82, 2.24) is 5.32 Å². The van der Waals surface area contributed by atoms with Crippen LogP contribution in [-0.2, 0) is 4.74 Å². The van der Waals surface area contributed by atoms with Crippen molar-refractivity contribution in [2.24, 2.45) is 0 Å². The first-order valence-corrected chi connectivity index (χ1v) is 8.63. The lowest BCUT2D eigenvalue weighted by atomic mass is 9.91. The molecule has 0 aromatic heterocycles. The molecule has 4 nitrogen and oxygen atoms in total. The number of carbonyl (C=O) groups is 1. The van der Waals surface area contributed by atoms with Crippen molar-refractivity contribution in [1.29, 1.82) is 0 Å². The number of alkyl carbamates (subject to hydrolysis) is 1. The first kappa shape index (κ1) is 17.1. The van der Waals surface area contributed by atoms with Gasteiger partial charge in [-0.05, 0) is 74.5 Å². The minimum absolute atomic E-state index is 0.170. The number of hydrogen-bond acceptors (Lipinski definition) is 3. The van der Waals surface area contributed by atoms with Crippen molar-refractivity contribution in [2.45, 2.75) is 64.1 Å². The second-order valence-electron chi connectivity index (χ2n) is 6.83. The van der Waals surface area contributed by atoms with Gasteiger partial charge in [-0.15, -0.1) is 0 Å². The molecule has 0 bridgehead atoms. The molecule has 122 valence electrons. The van der Waals surface area contributed by atoms with E-state index in [4.69, 9.17) is 4.74 Å². The number of para-hydroxylation sites is 1. The highest BCUT2D eigenvalue weighted by atomic mass is 79.9. The number of nitrogens with one attached hydrogen (secondary N) is 2. The standard InChI is InChI=1S/C17H25BrN2O2/c1-17(2,3)22-16(21)20-13-8-6-7-12(11-13)19-15-10-5-4-9-14(15)18/h4-5,9-10,12-13,19H,6-8,11H2,1-3H3,(H,20,21). The SMILES string of the molecule is CC(C)(C)OC(=O)NC1CCCC(Nc2ccccc2Br)C1. The van der Waals surface area contributed by atoms with Crippen LogP contribution in [0.3, 0.4) is 0 Å². The molecule has 1 aliphatic carbocycles. The lowest BCUT2D eigenvalue weighted by molar-refractivity contribution is 0.0492. The monoisotopic (exact) mass is 368 g/mol. The van der Waals surface area contributed by atoms with E-state index in [0.29, 0.717) is 6.04 Å². The normalized spacial score (nSPS) is 22.0. The summed E-state index contributed by atoms with van der Waals surface area (Å²) in [6.45, 7) is 5.64. The van der Waals surface area contributed by atoms with Crippen LogP contribution in [-0.4, -0.2) is 23.8 Å². The smallest absolute Gasteiger partial charge is 0.407 e. The molecule has 1 aliphatic rings. The molecule has 5 heteroatoms. The van der Waals surface area contributed by atoms with E-state index < -0.39 is 5.60 Å². The van der Waals surface area contributed by atoms with Gasteiger partial charge < -0.3 is 15.4 Å². The van der Waals surface area contributed by atoms with Crippen molar-refractivity contribution in [2.75, 3.05) is 5.32 Å². The third-order valence-corrected chi connectivity index (χ3v) is 4.32. The fourth-order valence-corrected chi connectivity index (χ4v) is 3.12. The molecule has 0 aliphatic heterocycles. The van der Waals surface area contributed by atoms with Crippen LogP contribution in [0.4, 0.5) is 10.5 Å². The van der Waals surface area contributed by atoms with E-state index in [0.717, 1.165) is 35.8 Å². The summed E-state index contributed by atoms with van der Waals surface area (Å²) in [5.74, 6) is 0. The predicted octanol–water partition coefficient (Wildman–Crippen LogP) is 4.70. The Morgan fingerprint density at radius 3 is 2.59 bits per heavy atom. The molecule has 2 rings (SSSR count). The van der Waals surface area contributed by atoms with Crippen molar-refractivity contribution >= 4 is 27.7 Å². The molecule has 1 saturated carbocycles. The van der Waals surface area contributed by atoms with Crippen LogP contribution >= 0.6 is 15.9 Å². The molecule has 22 heavy (non-hydrogen) atoms. The molecule has 2 N–H and O–H groups in total. The van der Waals surface area contributed by atoms with Crippen LogP contribution < -0.4 is 10.6 Å². The van der Waals surface area contributed by atoms with Crippen LogP contribution in [0.2, 0.25) is 0 Å². The fourth-order valence-electron chi connectivity index (χ4n) is 2.72. The summed E-state index contributed by atoms with van der Waals surface area (Å²) in [4.78, 5) is 11.9. The molecule has 1 amide bonds. The molecule has 2 unspecified atom stereocenters. The van der Waals surface area contributed by atoms with Gasteiger partial charge in [0.05, 0.1) is 0 Å². The highest BCUT2D eigenvalue weighted by molar-refractivity contribution is 9.10. The second-order valence-corrected chi connectivity index (χ2v) is 7.69. The highest BCUT2D eigenvalue weighted by Crippen LogP contribution is 2.27. The number of halogens is 1. The molecule has 0 spiro atoms. The lowest BCUT2D eigenvalue weighted by Crippen LogP contribution is -2.43. The summed E-state index contributed by atoms with van der Waals surface area (Å²) in [5, 5.41) is 6.55. The summed E-state index contributed by atoms with van der Waals surface area (Å²) in [5.41, 5.74) is 0.649. The zero-order valence-electron chi connectivity index (χ0n) is 13.5. The average Bonchev–Trinajstić information content (AvgIpc) is 2.39. The van der Waals surface area contributed by atoms with E-state index in [-0.39, 0.29) is 12.1 Å². The zero-order valence-corrected chi connectivity index (χ0v) is 15.1. The summed E-state index contributed by atoms with van der Waals surface area (Å²) in [7, 11) is 0. The first-order valence-electron chi connectivity index (χ1n) is 7.84. The zero-order chi connectivity index (χ0) is 16.2.